The maximum atomic E-state index is 12.5. The molecular formula is C20H29ClN4O3. The zero-order valence-electron chi connectivity index (χ0n) is 16.3. The van der Waals surface area contributed by atoms with Crippen molar-refractivity contribution in [1.29, 1.82) is 0 Å². The normalized spacial score (nSPS) is 21.7. The molecule has 0 aromatic heterocycles. The van der Waals surface area contributed by atoms with Gasteiger partial charge in [-0.05, 0) is 37.5 Å². The molecule has 2 heterocycles. The van der Waals surface area contributed by atoms with Crippen molar-refractivity contribution in [3.05, 3.63) is 34.9 Å². The summed E-state index contributed by atoms with van der Waals surface area (Å²) in [5, 5.41) is 14.3. The molecule has 28 heavy (non-hydrogen) atoms. The van der Waals surface area contributed by atoms with Crippen molar-refractivity contribution >= 4 is 23.5 Å². The first-order valence-electron chi connectivity index (χ1n) is 9.95. The lowest BCUT2D eigenvalue weighted by Gasteiger charge is -2.37. The molecule has 154 valence electrons. The van der Waals surface area contributed by atoms with Crippen molar-refractivity contribution in [2.75, 3.05) is 45.9 Å². The van der Waals surface area contributed by atoms with Crippen LogP contribution in [0.5, 0.6) is 0 Å². The number of aliphatic hydroxyl groups is 1. The number of halogens is 1. The lowest BCUT2D eigenvalue weighted by atomic mass is 10.1. The number of nitrogens with zero attached hydrogens (tertiary/aromatic N) is 3. The SMILES string of the molecule is CCNC(=NCC(O)c1ccc(Cl)cc1)N1CCN(C(=O)C2CCCO2)CC1. The van der Waals surface area contributed by atoms with E-state index < -0.39 is 6.10 Å². The third-order valence-corrected chi connectivity index (χ3v) is 5.35. The second-order valence-electron chi connectivity index (χ2n) is 7.08. The van der Waals surface area contributed by atoms with Gasteiger partial charge >= 0.3 is 0 Å². The van der Waals surface area contributed by atoms with Crippen LogP contribution < -0.4 is 5.32 Å². The summed E-state index contributed by atoms with van der Waals surface area (Å²) in [4.78, 5) is 21.1. The number of nitrogens with one attached hydrogen (secondary N) is 1. The molecule has 2 aliphatic heterocycles. The van der Waals surface area contributed by atoms with E-state index in [-0.39, 0.29) is 18.6 Å². The van der Waals surface area contributed by atoms with Crippen molar-refractivity contribution in [2.45, 2.75) is 32.0 Å². The highest BCUT2D eigenvalue weighted by Gasteiger charge is 2.30. The Bertz CT molecular complexity index is 669. The second kappa shape index (κ2) is 10.1. The van der Waals surface area contributed by atoms with Gasteiger partial charge in [0.25, 0.3) is 5.91 Å². The van der Waals surface area contributed by atoms with Gasteiger partial charge in [0.05, 0.1) is 12.6 Å². The number of aliphatic hydroxyl groups excluding tert-OH is 1. The molecule has 0 spiro atoms. The summed E-state index contributed by atoms with van der Waals surface area (Å²) in [7, 11) is 0. The Morgan fingerprint density at radius 1 is 1.29 bits per heavy atom. The van der Waals surface area contributed by atoms with Gasteiger partial charge in [0, 0.05) is 44.4 Å². The van der Waals surface area contributed by atoms with E-state index in [1.807, 2.05) is 24.0 Å². The number of carbonyl (C=O) groups excluding carboxylic acids is 1. The van der Waals surface area contributed by atoms with E-state index in [9.17, 15) is 9.90 Å². The van der Waals surface area contributed by atoms with Gasteiger partial charge in [0.1, 0.15) is 6.10 Å². The quantitative estimate of drug-likeness (QED) is 0.572. The van der Waals surface area contributed by atoms with Gasteiger partial charge in [-0.15, -0.1) is 0 Å². The molecule has 2 unspecified atom stereocenters. The third kappa shape index (κ3) is 5.37. The molecule has 1 amide bonds. The largest absolute Gasteiger partial charge is 0.386 e. The highest BCUT2D eigenvalue weighted by atomic mass is 35.5. The molecular weight excluding hydrogens is 380 g/mol. The molecule has 2 saturated heterocycles. The minimum Gasteiger partial charge on any atom is -0.386 e. The lowest BCUT2D eigenvalue weighted by Crippen LogP contribution is -2.55. The van der Waals surface area contributed by atoms with Crippen molar-refractivity contribution in [1.82, 2.24) is 15.1 Å². The highest BCUT2D eigenvalue weighted by Crippen LogP contribution is 2.18. The summed E-state index contributed by atoms with van der Waals surface area (Å²) in [5.41, 5.74) is 0.788. The van der Waals surface area contributed by atoms with Gasteiger partial charge in [0.15, 0.2) is 5.96 Å². The molecule has 0 radical (unpaired) electrons. The van der Waals surface area contributed by atoms with Crippen LogP contribution in [0.15, 0.2) is 29.3 Å². The Kier molecular flexibility index (Phi) is 7.53. The first kappa shape index (κ1) is 20.9. The maximum absolute atomic E-state index is 12.5. The Labute approximate surface area is 171 Å². The average molecular weight is 409 g/mol. The molecule has 2 atom stereocenters. The smallest absolute Gasteiger partial charge is 0.251 e. The van der Waals surface area contributed by atoms with E-state index >= 15 is 0 Å². The fraction of sp³-hybridized carbons (Fsp3) is 0.600. The fourth-order valence-corrected chi connectivity index (χ4v) is 3.63. The second-order valence-corrected chi connectivity index (χ2v) is 7.51. The van der Waals surface area contributed by atoms with Crippen LogP contribution in [0.1, 0.15) is 31.4 Å². The number of hydrogen-bond donors (Lipinski definition) is 2. The molecule has 3 rings (SSSR count). The van der Waals surface area contributed by atoms with E-state index in [0.717, 1.165) is 30.9 Å². The van der Waals surface area contributed by atoms with Crippen LogP contribution in [0.25, 0.3) is 0 Å². The minimum atomic E-state index is -0.687. The minimum absolute atomic E-state index is 0.109. The summed E-state index contributed by atoms with van der Waals surface area (Å²) in [6.45, 7) is 6.43. The highest BCUT2D eigenvalue weighted by molar-refractivity contribution is 6.30. The van der Waals surface area contributed by atoms with Crippen molar-refractivity contribution in [2.24, 2.45) is 4.99 Å². The van der Waals surface area contributed by atoms with Gasteiger partial charge in [0.2, 0.25) is 0 Å². The van der Waals surface area contributed by atoms with Crippen molar-refractivity contribution in [3.8, 4) is 0 Å². The summed E-state index contributed by atoms with van der Waals surface area (Å²) < 4.78 is 5.52. The van der Waals surface area contributed by atoms with Crippen LogP contribution in [-0.2, 0) is 9.53 Å². The number of hydrogen-bond acceptors (Lipinski definition) is 4. The van der Waals surface area contributed by atoms with Crippen LogP contribution in [0.3, 0.4) is 0 Å². The molecule has 7 nitrogen and oxygen atoms in total. The average Bonchev–Trinajstić information content (AvgIpc) is 3.26. The third-order valence-electron chi connectivity index (χ3n) is 5.10. The summed E-state index contributed by atoms with van der Waals surface area (Å²) in [6, 6.07) is 7.15. The van der Waals surface area contributed by atoms with Crippen molar-refractivity contribution < 1.29 is 14.6 Å². The molecule has 1 aromatic rings. The Morgan fingerprint density at radius 2 is 1.96 bits per heavy atom. The number of carbonyl (C=O) groups is 1. The Morgan fingerprint density at radius 3 is 2.57 bits per heavy atom. The first-order chi connectivity index (χ1) is 13.6. The van der Waals surface area contributed by atoms with Gasteiger partial charge in [-0.2, -0.15) is 0 Å². The molecule has 0 bridgehead atoms. The molecule has 1 aromatic carbocycles. The molecule has 2 fully saturated rings. The Hall–Kier alpha value is -1.83. The van der Waals surface area contributed by atoms with E-state index in [0.29, 0.717) is 37.8 Å². The van der Waals surface area contributed by atoms with E-state index in [4.69, 9.17) is 16.3 Å². The topological polar surface area (TPSA) is 77.4 Å². The molecule has 0 saturated carbocycles. The number of rotatable bonds is 5. The predicted molar refractivity (Wildman–Crippen MR) is 110 cm³/mol. The van der Waals surface area contributed by atoms with Gasteiger partial charge in [-0.25, -0.2) is 0 Å². The first-order valence-corrected chi connectivity index (χ1v) is 10.3. The van der Waals surface area contributed by atoms with Crippen LogP contribution >= 0.6 is 11.6 Å². The van der Waals surface area contributed by atoms with Crippen LogP contribution in [0.2, 0.25) is 5.02 Å². The van der Waals surface area contributed by atoms with Gasteiger partial charge in [-0.1, -0.05) is 23.7 Å². The number of benzene rings is 1. The summed E-state index contributed by atoms with van der Waals surface area (Å²) in [5.74, 6) is 0.872. The number of aliphatic imine (C=N–C) groups is 1. The number of ether oxygens (including phenoxy) is 1. The monoisotopic (exact) mass is 408 g/mol. The number of piperazine rings is 1. The lowest BCUT2D eigenvalue weighted by molar-refractivity contribution is -0.142. The fourth-order valence-electron chi connectivity index (χ4n) is 3.50. The molecule has 0 aliphatic carbocycles. The predicted octanol–water partition coefficient (Wildman–Crippen LogP) is 1.66. The van der Waals surface area contributed by atoms with Gasteiger partial charge < -0.3 is 25.0 Å². The summed E-state index contributed by atoms with van der Waals surface area (Å²) in [6.07, 6.45) is 0.839. The molecule has 2 aliphatic rings. The molecule has 2 N–H and O–H groups in total. The Balaban J connectivity index is 1.55. The van der Waals surface area contributed by atoms with E-state index in [1.165, 1.54) is 0 Å². The van der Waals surface area contributed by atoms with Gasteiger partial charge in [-0.3, -0.25) is 9.79 Å². The van der Waals surface area contributed by atoms with Crippen LogP contribution in [0, 0.1) is 0 Å². The van der Waals surface area contributed by atoms with E-state index in [1.54, 1.807) is 12.1 Å². The van der Waals surface area contributed by atoms with E-state index in [2.05, 4.69) is 15.2 Å². The zero-order valence-corrected chi connectivity index (χ0v) is 17.1. The standard InChI is InChI=1S/C20H29ClN4O3/c1-2-22-20(23-14-17(26)15-5-7-16(21)8-6-15)25-11-9-24(10-12-25)19(27)18-4-3-13-28-18/h5-8,17-18,26H,2-4,9-14H2,1H3,(H,22,23). The number of amides is 1. The number of guanidine groups is 1. The van der Waals surface area contributed by atoms with Crippen molar-refractivity contribution in [3.63, 3.8) is 0 Å². The van der Waals surface area contributed by atoms with Crippen LogP contribution in [0.4, 0.5) is 0 Å². The summed E-state index contributed by atoms with van der Waals surface area (Å²) >= 11 is 5.90. The maximum Gasteiger partial charge on any atom is 0.251 e. The zero-order chi connectivity index (χ0) is 19.9. The molecule has 8 heteroatoms. The van der Waals surface area contributed by atoms with Crippen LogP contribution in [-0.4, -0.2) is 78.8 Å².